The Morgan fingerprint density at radius 2 is 2.00 bits per heavy atom. The fourth-order valence-corrected chi connectivity index (χ4v) is 3.59. The third kappa shape index (κ3) is 3.04. The maximum atomic E-state index is 12.7. The summed E-state index contributed by atoms with van der Waals surface area (Å²) in [5, 5.41) is 13.2. The SMILES string of the molecule is CCCn1c(=O)[nH]c2c1c(=O)n(P(=O)=O)c(=O)n2N1CCNC(C(=O)O)C1. The van der Waals surface area contributed by atoms with E-state index in [0.29, 0.717) is 6.42 Å². The highest BCUT2D eigenvalue weighted by Gasteiger charge is 2.30. The summed E-state index contributed by atoms with van der Waals surface area (Å²) in [4.78, 5) is 51.2. The van der Waals surface area contributed by atoms with Crippen molar-refractivity contribution in [2.24, 2.45) is 0 Å². The molecule has 0 spiro atoms. The molecule has 1 fully saturated rings. The molecule has 3 N–H and O–H groups in total. The van der Waals surface area contributed by atoms with Crippen LogP contribution in [0.15, 0.2) is 14.4 Å². The third-order valence-corrected chi connectivity index (χ3v) is 4.96. The minimum Gasteiger partial charge on any atom is -0.480 e. The molecule has 1 unspecified atom stereocenters. The number of carboxylic acids is 1. The molecule has 0 bridgehead atoms. The van der Waals surface area contributed by atoms with Crippen LogP contribution in [0, 0.1) is 0 Å². The molecule has 3 heterocycles. The zero-order chi connectivity index (χ0) is 19.9. The Hall–Kier alpha value is -2.92. The molecule has 1 saturated heterocycles. The molecule has 0 radical (unpaired) electrons. The lowest BCUT2D eigenvalue weighted by Gasteiger charge is -2.34. The maximum Gasteiger partial charge on any atom is 0.438 e. The van der Waals surface area contributed by atoms with Gasteiger partial charge in [-0.1, -0.05) is 6.92 Å². The number of H-pyrrole nitrogens is 1. The van der Waals surface area contributed by atoms with Crippen LogP contribution < -0.4 is 27.3 Å². The van der Waals surface area contributed by atoms with Crippen molar-refractivity contribution in [1.82, 2.24) is 23.9 Å². The van der Waals surface area contributed by atoms with Crippen LogP contribution >= 0.6 is 7.83 Å². The van der Waals surface area contributed by atoms with Crippen LogP contribution in [0.2, 0.25) is 0 Å². The number of carboxylic acid groups (broad SMARTS) is 1. The van der Waals surface area contributed by atoms with Crippen LogP contribution in [-0.4, -0.2) is 55.3 Å². The first-order valence-electron chi connectivity index (χ1n) is 8.14. The number of aliphatic carboxylic acids is 1. The van der Waals surface area contributed by atoms with Gasteiger partial charge in [-0.05, 0) is 6.42 Å². The minimum absolute atomic E-state index is 0.0505. The van der Waals surface area contributed by atoms with Crippen molar-refractivity contribution >= 4 is 25.0 Å². The molecule has 2 aromatic rings. The van der Waals surface area contributed by atoms with Gasteiger partial charge in [0.25, 0.3) is 5.56 Å². The molecule has 3 rings (SSSR count). The molecular formula is C13H17N6O7P. The lowest BCUT2D eigenvalue weighted by atomic mass is 10.2. The Morgan fingerprint density at radius 3 is 2.59 bits per heavy atom. The van der Waals surface area contributed by atoms with Gasteiger partial charge in [-0.3, -0.25) is 19.1 Å². The number of rotatable bonds is 5. The summed E-state index contributed by atoms with van der Waals surface area (Å²) in [5.41, 5.74) is -3.41. The molecule has 14 heteroatoms. The number of aromatic nitrogens is 4. The van der Waals surface area contributed by atoms with Crippen LogP contribution in [0.25, 0.3) is 11.2 Å². The zero-order valence-electron chi connectivity index (χ0n) is 14.2. The van der Waals surface area contributed by atoms with Crippen LogP contribution in [0.5, 0.6) is 0 Å². The Balaban J connectivity index is 2.37. The summed E-state index contributed by atoms with van der Waals surface area (Å²) in [7, 11) is -3.60. The quantitative estimate of drug-likeness (QED) is 0.480. The minimum atomic E-state index is -3.60. The summed E-state index contributed by atoms with van der Waals surface area (Å²) in [6, 6.07) is -1.01. The van der Waals surface area contributed by atoms with Crippen LogP contribution in [0.3, 0.4) is 0 Å². The lowest BCUT2D eigenvalue weighted by Crippen LogP contribution is -2.60. The molecule has 1 aliphatic heterocycles. The molecule has 0 aliphatic carbocycles. The average Bonchev–Trinajstić information content (AvgIpc) is 2.91. The van der Waals surface area contributed by atoms with Crippen LogP contribution in [0.1, 0.15) is 13.3 Å². The van der Waals surface area contributed by atoms with E-state index >= 15 is 0 Å². The van der Waals surface area contributed by atoms with Crippen LogP contribution in [-0.2, 0) is 20.5 Å². The van der Waals surface area contributed by atoms with E-state index in [4.69, 9.17) is 0 Å². The predicted octanol–water partition coefficient (Wildman–Crippen LogP) is -2.01. The van der Waals surface area contributed by atoms with Gasteiger partial charge in [0.15, 0.2) is 11.2 Å². The average molecular weight is 400 g/mol. The van der Waals surface area contributed by atoms with E-state index in [1.807, 2.05) is 0 Å². The van der Waals surface area contributed by atoms with E-state index in [2.05, 4.69) is 10.3 Å². The van der Waals surface area contributed by atoms with E-state index in [-0.39, 0.29) is 41.7 Å². The molecule has 27 heavy (non-hydrogen) atoms. The Morgan fingerprint density at radius 1 is 1.30 bits per heavy atom. The third-order valence-electron chi connectivity index (χ3n) is 4.28. The smallest absolute Gasteiger partial charge is 0.438 e. The number of carbonyl (C=O) groups is 1. The number of nitrogens with one attached hydrogen (secondary N) is 2. The summed E-state index contributed by atoms with van der Waals surface area (Å²) < 4.78 is 25.0. The molecule has 0 aromatic carbocycles. The number of aryl methyl sites for hydroxylation is 1. The number of nitrogens with zero attached hydrogens (tertiary/aromatic N) is 4. The highest BCUT2D eigenvalue weighted by Crippen LogP contribution is 2.10. The molecule has 1 atom stereocenters. The Bertz CT molecular complexity index is 1140. The summed E-state index contributed by atoms with van der Waals surface area (Å²) in [5.74, 6) is -1.15. The van der Waals surface area contributed by atoms with Crippen molar-refractivity contribution in [3.05, 3.63) is 31.3 Å². The van der Waals surface area contributed by atoms with Gasteiger partial charge in [-0.15, -0.1) is 4.34 Å². The van der Waals surface area contributed by atoms with Gasteiger partial charge < -0.3 is 15.4 Å². The topological polar surface area (TPSA) is 168 Å². The molecule has 13 nitrogen and oxygen atoms in total. The largest absolute Gasteiger partial charge is 0.480 e. The van der Waals surface area contributed by atoms with Gasteiger partial charge >= 0.3 is 25.2 Å². The second-order valence-electron chi connectivity index (χ2n) is 5.99. The Labute approximate surface area is 150 Å². The van der Waals surface area contributed by atoms with E-state index in [0.717, 1.165) is 9.24 Å². The van der Waals surface area contributed by atoms with Crippen LogP contribution in [0.4, 0.5) is 0 Å². The number of aromatic amines is 1. The van der Waals surface area contributed by atoms with E-state index in [9.17, 15) is 33.4 Å². The van der Waals surface area contributed by atoms with Gasteiger partial charge in [-0.2, -0.15) is 4.68 Å². The molecule has 0 saturated carbocycles. The molecule has 0 amide bonds. The highest BCUT2D eigenvalue weighted by molar-refractivity contribution is 7.28. The molecule has 2 aromatic heterocycles. The first-order valence-corrected chi connectivity index (χ1v) is 9.27. The van der Waals surface area contributed by atoms with Crippen molar-refractivity contribution in [2.45, 2.75) is 25.9 Å². The van der Waals surface area contributed by atoms with Gasteiger partial charge in [0.2, 0.25) is 0 Å². The van der Waals surface area contributed by atoms with Crippen molar-refractivity contribution in [3.8, 4) is 0 Å². The monoisotopic (exact) mass is 400 g/mol. The highest BCUT2D eigenvalue weighted by atomic mass is 31.1. The lowest BCUT2D eigenvalue weighted by molar-refractivity contribution is -0.139. The predicted molar refractivity (Wildman–Crippen MR) is 92.4 cm³/mol. The van der Waals surface area contributed by atoms with E-state index in [1.54, 1.807) is 6.92 Å². The first-order chi connectivity index (χ1) is 12.8. The van der Waals surface area contributed by atoms with Gasteiger partial charge in [0.05, 0.1) is 6.54 Å². The summed E-state index contributed by atoms with van der Waals surface area (Å²) in [6.07, 6.45) is 0.490. The van der Waals surface area contributed by atoms with Gasteiger partial charge in [0.1, 0.15) is 6.04 Å². The molecular weight excluding hydrogens is 383 g/mol. The zero-order valence-corrected chi connectivity index (χ0v) is 15.1. The second-order valence-corrected chi connectivity index (χ2v) is 6.86. The van der Waals surface area contributed by atoms with Crippen molar-refractivity contribution in [1.29, 1.82) is 0 Å². The van der Waals surface area contributed by atoms with E-state index in [1.165, 1.54) is 5.01 Å². The molecule has 1 aliphatic rings. The molecule has 146 valence electrons. The number of piperazine rings is 1. The van der Waals surface area contributed by atoms with Crippen molar-refractivity contribution < 1.29 is 19.0 Å². The fourth-order valence-electron chi connectivity index (χ4n) is 3.12. The summed E-state index contributed by atoms with van der Waals surface area (Å²) >= 11 is 0. The van der Waals surface area contributed by atoms with Gasteiger partial charge in [0, 0.05) is 19.6 Å². The maximum absolute atomic E-state index is 12.7. The van der Waals surface area contributed by atoms with Gasteiger partial charge in [-0.25, -0.2) is 18.7 Å². The number of fused-ring (bicyclic) bond motifs is 1. The number of hydrogen-bond acceptors (Lipinski definition) is 8. The van der Waals surface area contributed by atoms with Crippen molar-refractivity contribution in [2.75, 3.05) is 24.6 Å². The number of hydrogen-bond donors (Lipinski definition) is 3. The second kappa shape index (κ2) is 7.00. The Kier molecular flexibility index (Phi) is 4.89. The normalized spacial score (nSPS) is 17.4. The number of imidazole rings is 1. The van der Waals surface area contributed by atoms with Crippen molar-refractivity contribution in [3.63, 3.8) is 0 Å². The fraction of sp³-hybridized carbons (Fsp3) is 0.538. The van der Waals surface area contributed by atoms with E-state index < -0.39 is 36.8 Å². The first kappa shape index (κ1) is 18.9. The standard InChI is InChI=1S/C13H17N6O7P/c1-2-4-17-8-9(15-12(17)23)18(13(24)19(10(8)20)27(25)26)16-5-3-14-7(6-16)11(21)22/h7,14H,2-6H2,1H3,(H,15,23)(H,21,22). The summed E-state index contributed by atoms with van der Waals surface area (Å²) in [6.45, 7) is 2.10.